The van der Waals surface area contributed by atoms with Gasteiger partial charge >= 0.3 is 11.9 Å². The third-order valence-electron chi connectivity index (χ3n) is 2.52. The molecule has 0 atom stereocenters. The van der Waals surface area contributed by atoms with Crippen LogP contribution in [0.4, 0.5) is 4.39 Å². The number of carbonyl (C=O) groups excluding carboxylic acids is 2. The van der Waals surface area contributed by atoms with E-state index < -0.39 is 34.9 Å². The molecule has 7 heteroatoms. The van der Waals surface area contributed by atoms with Crippen LogP contribution >= 0.6 is 11.6 Å². The van der Waals surface area contributed by atoms with Gasteiger partial charge in [0.2, 0.25) is 0 Å². The molecule has 0 saturated carbocycles. The average molecular weight is 301 g/mol. The molecule has 0 bridgehead atoms. The lowest BCUT2D eigenvalue weighted by atomic mass is 10.1. The van der Waals surface area contributed by atoms with Gasteiger partial charge in [-0.3, -0.25) is 0 Å². The minimum Gasteiger partial charge on any atom is -0.507 e. The highest BCUT2D eigenvalue weighted by Crippen LogP contribution is 2.31. The Morgan fingerprint density at radius 1 is 1.25 bits per heavy atom. The van der Waals surface area contributed by atoms with Crippen LogP contribution < -0.4 is 0 Å². The van der Waals surface area contributed by atoms with Crippen LogP contribution in [0.2, 0.25) is 5.02 Å². The minimum atomic E-state index is -1.39. The summed E-state index contributed by atoms with van der Waals surface area (Å²) in [5.41, 5.74) is -0.915. The van der Waals surface area contributed by atoms with Gasteiger partial charge in [-0.25, -0.2) is 14.0 Å². The highest BCUT2D eigenvalue weighted by molar-refractivity contribution is 6.31. The van der Waals surface area contributed by atoms with E-state index in [-0.39, 0.29) is 10.6 Å². The van der Waals surface area contributed by atoms with Gasteiger partial charge < -0.3 is 14.6 Å². The normalized spacial score (nSPS) is 17.5. The number of esters is 2. The Bertz CT molecular complexity index is 614. The van der Waals surface area contributed by atoms with Gasteiger partial charge in [0.15, 0.2) is 5.82 Å². The fourth-order valence-corrected chi connectivity index (χ4v) is 1.78. The van der Waals surface area contributed by atoms with Crippen LogP contribution in [0.25, 0.3) is 6.08 Å². The van der Waals surface area contributed by atoms with E-state index in [9.17, 15) is 19.1 Å². The zero-order valence-electron chi connectivity index (χ0n) is 10.6. The Hall–Kier alpha value is -2.08. The van der Waals surface area contributed by atoms with Crippen molar-refractivity contribution in [2.45, 2.75) is 19.6 Å². The summed E-state index contributed by atoms with van der Waals surface area (Å²) in [6.45, 7) is 2.77. The molecule has 1 aromatic rings. The van der Waals surface area contributed by atoms with Crippen molar-refractivity contribution in [3.63, 3.8) is 0 Å². The number of aromatic hydroxyl groups is 1. The van der Waals surface area contributed by atoms with Crippen molar-refractivity contribution in [1.82, 2.24) is 0 Å². The molecule has 0 unspecified atom stereocenters. The SMILES string of the molecule is CC1(C)OC(=O)C(=Cc2c(O)ccc(Cl)c2F)C(=O)O1. The number of ether oxygens (including phenoxy) is 2. The van der Waals surface area contributed by atoms with Crippen molar-refractivity contribution < 1.29 is 28.6 Å². The lowest BCUT2D eigenvalue weighted by molar-refractivity contribution is -0.222. The number of hydrogen-bond acceptors (Lipinski definition) is 5. The Kier molecular flexibility index (Phi) is 3.43. The second-order valence-electron chi connectivity index (χ2n) is 4.53. The summed E-state index contributed by atoms with van der Waals surface area (Å²) in [5.74, 6) is -4.75. The van der Waals surface area contributed by atoms with Crippen molar-refractivity contribution in [2.75, 3.05) is 0 Å². The number of cyclic esters (lactones) is 2. The molecule has 2 rings (SSSR count). The second-order valence-corrected chi connectivity index (χ2v) is 4.94. The molecular weight excluding hydrogens is 291 g/mol. The third-order valence-corrected chi connectivity index (χ3v) is 2.81. The van der Waals surface area contributed by atoms with Crippen LogP contribution in [0.15, 0.2) is 17.7 Å². The lowest BCUT2D eigenvalue weighted by Gasteiger charge is -2.29. The Morgan fingerprint density at radius 3 is 2.35 bits per heavy atom. The largest absolute Gasteiger partial charge is 0.507 e. The molecule has 20 heavy (non-hydrogen) atoms. The first-order valence-corrected chi connectivity index (χ1v) is 5.94. The minimum absolute atomic E-state index is 0.257. The van der Waals surface area contributed by atoms with Gasteiger partial charge in [0.1, 0.15) is 11.3 Å². The molecule has 0 aromatic heterocycles. The number of hydrogen-bond donors (Lipinski definition) is 1. The summed E-state index contributed by atoms with van der Waals surface area (Å²) in [5, 5.41) is 9.32. The monoisotopic (exact) mass is 300 g/mol. The van der Waals surface area contributed by atoms with E-state index in [1.54, 1.807) is 0 Å². The predicted molar refractivity (Wildman–Crippen MR) is 67.3 cm³/mol. The van der Waals surface area contributed by atoms with E-state index in [0.717, 1.165) is 18.2 Å². The maximum absolute atomic E-state index is 13.8. The van der Waals surface area contributed by atoms with E-state index in [1.165, 1.54) is 13.8 Å². The fraction of sp³-hybridized carbons (Fsp3) is 0.231. The van der Waals surface area contributed by atoms with E-state index >= 15 is 0 Å². The predicted octanol–water partition coefficient (Wildman–Crippen LogP) is 2.40. The van der Waals surface area contributed by atoms with Gasteiger partial charge in [0.05, 0.1) is 10.6 Å². The quantitative estimate of drug-likeness (QED) is 0.490. The fourth-order valence-electron chi connectivity index (χ4n) is 1.62. The van der Waals surface area contributed by atoms with E-state index in [4.69, 9.17) is 21.1 Å². The number of rotatable bonds is 1. The van der Waals surface area contributed by atoms with Crippen molar-refractivity contribution in [1.29, 1.82) is 0 Å². The Labute approximate surface area is 118 Å². The summed E-state index contributed by atoms with van der Waals surface area (Å²) in [6.07, 6.45) is 0.844. The molecule has 1 saturated heterocycles. The lowest BCUT2D eigenvalue weighted by Crippen LogP contribution is -2.41. The summed E-state index contributed by atoms with van der Waals surface area (Å²) in [6, 6.07) is 2.29. The van der Waals surface area contributed by atoms with Gasteiger partial charge in [0, 0.05) is 13.8 Å². The van der Waals surface area contributed by atoms with Crippen molar-refractivity contribution in [2.24, 2.45) is 0 Å². The molecular formula is C13H10ClFO5. The Balaban J connectivity index is 2.49. The Morgan fingerprint density at radius 2 is 1.80 bits per heavy atom. The summed E-state index contributed by atoms with van der Waals surface area (Å²) in [4.78, 5) is 23.4. The molecule has 1 aliphatic rings. The first-order valence-electron chi connectivity index (χ1n) is 5.56. The summed E-state index contributed by atoms with van der Waals surface area (Å²) >= 11 is 5.57. The molecule has 1 aromatic carbocycles. The molecule has 0 aliphatic carbocycles. The van der Waals surface area contributed by atoms with Crippen LogP contribution in [0.3, 0.4) is 0 Å². The van der Waals surface area contributed by atoms with Crippen LogP contribution in [0.1, 0.15) is 19.4 Å². The zero-order valence-corrected chi connectivity index (χ0v) is 11.3. The van der Waals surface area contributed by atoms with Crippen molar-refractivity contribution >= 4 is 29.6 Å². The smallest absolute Gasteiger partial charge is 0.348 e. The third kappa shape index (κ3) is 2.60. The first kappa shape index (κ1) is 14.3. The molecule has 106 valence electrons. The van der Waals surface area contributed by atoms with Gasteiger partial charge in [-0.15, -0.1) is 0 Å². The average Bonchev–Trinajstić information content (AvgIpc) is 2.31. The summed E-state index contributed by atoms with van der Waals surface area (Å²) in [7, 11) is 0. The highest BCUT2D eigenvalue weighted by atomic mass is 35.5. The van der Waals surface area contributed by atoms with E-state index in [0.29, 0.717) is 0 Å². The van der Waals surface area contributed by atoms with Crippen molar-refractivity contribution in [3.05, 3.63) is 34.1 Å². The molecule has 0 radical (unpaired) electrons. The van der Waals surface area contributed by atoms with Crippen LogP contribution in [-0.2, 0) is 19.1 Å². The first-order chi connectivity index (χ1) is 9.21. The number of benzene rings is 1. The standard InChI is InChI=1S/C13H10ClFO5/c1-13(2)19-11(17)7(12(18)20-13)5-6-9(16)4-3-8(14)10(6)15/h3-5,16H,1-2H3. The number of phenols is 1. The van der Waals surface area contributed by atoms with Crippen molar-refractivity contribution in [3.8, 4) is 5.75 Å². The molecule has 0 amide bonds. The van der Waals surface area contributed by atoms with E-state index in [1.807, 2.05) is 0 Å². The van der Waals surface area contributed by atoms with Gasteiger partial charge in [-0.2, -0.15) is 0 Å². The van der Waals surface area contributed by atoms with Crippen LogP contribution in [-0.4, -0.2) is 22.8 Å². The molecule has 5 nitrogen and oxygen atoms in total. The number of carbonyl (C=O) groups is 2. The second kappa shape index (κ2) is 4.79. The maximum atomic E-state index is 13.8. The molecule has 1 heterocycles. The molecule has 1 aliphatic heterocycles. The van der Waals surface area contributed by atoms with Crippen LogP contribution in [0.5, 0.6) is 5.75 Å². The molecule has 0 spiro atoms. The summed E-state index contributed by atoms with van der Waals surface area (Å²) < 4.78 is 23.5. The highest BCUT2D eigenvalue weighted by Gasteiger charge is 2.39. The van der Waals surface area contributed by atoms with Gasteiger partial charge in [-0.05, 0) is 18.2 Å². The number of phenolic OH excluding ortho intramolecular Hbond substituents is 1. The topological polar surface area (TPSA) is 72.8 Å². The van der Waals surface area contributed by atoms with Gasteiger partial charge in [-0.1, -0.05) is 11.6 Å². The maximum Gasteiger partial charge on any atom is 0.348 e. The van der Waals surface area contributed by atoms with E-state index in [2.05, 4.69) is 0 Å². The number of halogens is 2. The van der Waals surface area contributed by atoms with Crippen LogP contribution in [0, 0.1) is 5.82 Å². The molecule has 1 fully saturated rings. The van der Waals surface area contributed by atoms with Gasteiger partial charge in [0.25, 0.3) is 5.79 Å². The molecule has 1 N–H and O–H groups in total. The zero-order chi connectivity index (χ0) is 15.1.